The van der Waals surface area contributed by atoms with E-state index in [1.54, 1.807) is 29.1 Å². The van der Waals surface area contributed by atoms with Gasteiger partial charge in [0.05, 0.1) is 34.0 Å². The molecule has 0 fully saturated rings. The lowest BCUT2D eigenvalue weighted by Crippen LogP contribution is -2.12. The number of unbranched alkanes of at least 4 members (excludes halogenated alkanes) is 5. The molecule has 0 radical (unpaired) electrons. The Morgan fingerprint density at radius 3 is 2.17 bits per heavy atom. The molecule has 0 saturated heterocycles. The maximum Gasteiger partial charge on any atom is 0.170 e. The molecule has 2 atom stereocenters. The minimum atomic E-state index is -0.951. The summed E-state index contributed by atoms with van der Waals surface area (Å²) in [6.07, 6.45) is 13.8. The Kier molecular flexibility index (Phi) is 13.6. The number of fused-ring (bicyclic) bond motifs is 1. The van der Waals surface area contributed by atoms with Crippen LogP contribution in [0.3, 0.4) is 0 Å². The number of thiophene rings is 2. The van der Waals surface area contributed by atoms with Gasteiger partial charge in [0, 0.05) is 15.3 Å². The van der Waals surface area contributed by atoms with E-state index in [0.29, 0.717) is 51.3 Å². The van der Waals surface area contributed by atoms with Crippen molar-refractivity contribution < 1.29 is 13.5 Å². The fraction of sp³-hybridized carbons (Fsp3) is 0.595. The Bertz CT molecular complexity index is 1620. The van der Waals surface area contributed by atoms with Crippen molar-refractivity contribution in [3.05, 3.63) is 39.8 Å². The predicted molar refractivity (Wildman–Crippen MR) is 189 cm³/mol. The fourth-order valence-electron chi connectivity index (χ4n) is 6.10. The predicted octanol–water partition coefficient (Wildman–Crippen LogP) is 12.0. The van der Waals surface area contributed by atoms with Crippen molar-refractivity contribution in [3.8, 4) is 32.0 Å². The number of benzene rings is 1. The molecule has 4 rings (SSSR count). The number of rotatable bonds is 19. The summed E-state index contributed by atoms with van der Waals surface area (Å²) in [5.41, 5.74) is 1.33. The molecule has 0 bridgehead atoms. The van der Waals surface area contributed by atoms with Crippen molar-refractivity contribution in [1.82, 2.24) is 15.0 Å². The van der Waals surface area contributed by atoms with Crippen molar-refractivity contribution >= 4 is 33.7 Å². The Morgan fingerprint density at radius 2 is 1.50 bits per heavy atom. The standard InChI is InChI=1S/C37H50F2N4OS2/c1-7-11-14-15-18-27(17-13-9-3)23-44-29-19-24(5)45-37(29)36-28(21-40)20-30(46-36)31-33(39)32(38)25(6)34-35(31)42-43(41-34)22-26(10-4)16-12-8-2/h19-20,26-27H,7-18,22-23H2,1-6H3. The van der Waals surface area contributed by atoms with Crippen LogP contribution >= 0.6 is 22.7 Å². The highest BCUT2D eigenvalue weighted by molar-refractivity contribution is 7.24. The van der Waals surface area contributed by atoms with Gasteiger partial charge in [-0.3, -0.25) is 0 Å². The Hall–Kier alpha value is -2.83. The number of ether oxygens (including phenoxy) is 1. The first-order valence-corrected chi connectivity index (χ1v) is 18.9. The summed E-state index contributed by atoms with van der Waals surface area (Å²) >= 11 is 2.86. The molecule has 1 aromatic carbocycles. The third kappa shape index (κ3) is 8.55. The lowest BCUT2D eigenvalue weighted by atomic mass is 9.96. The van der Waals surface area contributed by atoms with Crippen molar-refractivity contribution in [3.63, 3.8) is 0 Å². The molecule has 46 heavy (non-hydrogen) atoms. The van der Waals surface area contributed by atoms with Crippen LogP contribution in [0, 0.1) is 48.6 Å². The summed E-state index contributed by atoms with van der Waals surface area (Å²) in [6.45, 7) is 13.6. The SMILES string of the molecule is CCCCCCC(CCCC)COc1cc(C)sc1-c1sc(-c2c(F)c(F)c(C)c3nn(CC(CC)CCCC)nc23)cc1C#N. The number of hydrogen-bond acceptors (Lipinski definition) is 6. The molecule has 250 valence electrons. The molecule has 4 aromatic rings. The van der Waals surface area contributed by atoms with Gasteiger partial charge in [0.2, 0.25) is 0 Å². The number of aryl methyl sites for hydroxylation is 2. The van der Waals surface area contributed by atoms with E-state index in [2.05, 4.69) is 38.9 Å². The summed E-state index contributed by atoms with van der Waals surface area (Å²) in [5.74, 6) is -0.250. The molecule has 0 aliphatic carbocycles. The van der Waals surface area contributed by atoms with Crippen molar-refractivity contribution in [2.45, 2.75) is 125 Å². The van der Waals surface area contributed by atoms with Gasteiger partial charge in [-0.2, -0.15) is 20.3 Å². The van der Waals surface area contributed by atoms with Crippen molar-refractivity contribution in [2.24, 2.45) is 11.8 Å². The van der Waals surface area contributed by atoms with E-state index in [1.165, 1.54) is 43.4 Å². The maximum absolute atomic E-state index is 15.8. The molecule has 0 N–H and O–H groups in total. The average Bonchev–Trinajstić information content (AvgIpc) is 3.77. The average molecular weight is 669 g/mol. The van der Waals surface area contributed by atoms with Crippen molar-refractivity contribution in [1.29, 1.82) is 5.26 Å². The van der Waals surface area contributed by atoms with Gasteiger partial charge >= 0.3 is 0 Å². The molecule has 0 aliphatic heterocycles. The van der Waals surface area contributed by atoms with Crippen LogP contribution in [0.15, 0.2) is 12.1 Å². The second-order valence-corrected chi connectivity index (χ2v) is 15.0. The minimum absolute atomic E-state index is 0.0705. The molecular formula is C37H50F2N4OS2. The first-order chi connectivity index (χ1) is 22.3. The number of aromatic nitrogens is 3. The van der Waals surface area contributed by atoms with E-state index in [1.807, 2.05) is 13.0 Å². The smallest absolute Gasteiger partial charge is 0.170 e. The number of hydrogen-bond donors (Lipinski definition) is 0. The van der Waals surface area contributed by atoms with E-state index in [0.717, 1.165) is 60.4 Å². The first-order valence-electron chi connectivity index (χ1n) is 17.3. The topological polar surface area (TPSA) is 63.7 Å². The van der Waals surface area contributed by atoms with Crippen LogP contribution in [-0.4, -0.2) is 21.6 Å². The zero-order valence-electron chi connectivity index (χ0n) is 28.5. The normalized spacial score (nSPS) is 12.9. The summed E-state index contributed by atoms with van der Waals surface area (Å²) in [6, 6.07) is 6.01. The first kappa shape index (κ1) is 36.0. The molecule has 3 aromatic heterocycles. The Labute approximate surface area is 282 Å². The van der Waals surface area contributed by atoms with Gasteiger partial charge in [0.25, 0.3) is 0 Å². The fourth-order valence-corrected chi connectivity index (χ4v) is 8.35. The minimum Gasteiger partial charge on any atom is -0.492 e. The van der Waals surface area contributed by atoms with Crippen LogP contribution in [0.1, 0.15) is 121 Å². The van der Waals surface area contributed by atoms with Crippen molar-refractivity contribution in [2.75, 3.05) is 6.61 Å². The summed E-state index contributed by atoms with van der Waals surface area (Å²) in [7, 11) is 0. The van der Waals surface area contributed by atoms with Crippen LogP contribution in [0.4, 0.5) is 8.78 Å². The molecule has 0 spiro atoms. The lowest BCUT2D eigenvalue weighted by molar-refractivity contribution is 0.226. The molecule has 0 amide bonds. The second kappa shape index (κ2) is 17.4. The van der Waals surface area contributed by atoms with Crippen LogP contribution in [0.25, 0.3) is 31.2 Å². The van der Waals surface area contributed by atoms with Gasteiger partial charge in [-0.1, -0.05) is 85.5 Å². The molecule has 2 unspecified atom stereocenters. The lowest BCUT2D eigenvalue weighted by Gasteiger charge is -2.17. The molecule has 0 aliphatic rings. The van der Waals surface area contributed by atoms with Gasteiger partial charge in [-0.15, -0.1) is 22.7 Å². The molecule has 3 heterocycles. The summed E-state index contributed by atoms with van der Waals surface area (Å²) in [4.78, 5) is 4.72. The van der Waals surface area contributed by atoms with Gasteiger partial charge in [-0.05, 0) is 57.1 Å². The monoisotopic (exact) mass is 668 g/mol. The van der Waals surface area contributed by atoms with E-state index in [-0.39, 0.29) is 11.1 Å². The number of halogens is 2. The molecule has 5 nitrogen and oxygen atoms in total. The molecule has 0 saturated carbocycles. The maximum atomic E-state index is 15.8. The van der Waals surface area contributed by atoms with Crippen LogP contribution in [0.2, 0.25) is 0 Å². The zero-order chi connectivity index (χ0) is 33.2. The molecular weight excluding hydrogens is 619 g/mol. The number of nitrogens with zero attached hydrogens (tertiary/aromatic N) is 4. The Balaban J connectivity index is 1.69. The van der Waals surface area contributed by atoms with E-state index in [9.17, 15) is 5.26 Å². The Morgan fingerprint density at radius 1 is 0.826 bits per heavy atom. The van der Waals surface area contributed by atoms with Crippen LogP contribution in [-0.2, 0) is 6.54 Å². The molecule has 9 heteroatoms. The van der Waals surface area contributed by atoms with Gasteiger partial charge in [0.1, 0.15) is 22.9 Å². The van der Waals surface area contributed by atoms with Gasteiger partial charge < -0.3 is 4.74 Å². The quantitative estimate of drug-likeness (QED) is 0.0933. The third-order valence-corrected chi connectivity index (χ3v) is 11.3. The van der Waals surface area contributed by atoms with E-state index in [4.69, 9.17) is 9.84 Å². The highest BCUT2D eigenvalue weighted by atomic mass is 32.1. The summed E-state index contributed by atoms with van der Waals surface area (Å²) < 4.78 is 37.7. The van der Waals surface area contributed by atoms with E-state index < -0.39 is 11.6 Å². The second-order valence-electron chi connectivity index (χ2n) is 12.7. The zero-order valence-corrected chi connectivity index (χ0v) is 30.1. The van der Waals surface area contributed by atoms with Crippen LogP contribution in [0.5, 0.6) is 5.75 Å². The highest BCUT2D eigenvalue weighted by Crippen LogP contribution is 2.48. The highest BCUT2D eigenvalue weighted by Gasteiger charge is 2.27. The van der Waals surface area contributed by atoms with Gasteiger partial charge in [0.15, 0.2) is 11.6 Å². The van der Waals surface area contributed by atoms with Gasteiger partial charge in [-0.25, -0.2) is 8.78 Å². The third-order valence-electron chi connectivity index (χ3n) is 8.99. The number of nitriles is 1. The largest absolute Gasteiger partial charge is 0.492 e. The van der Waals surface area contributed by atoms with E-state index >= 15 is 8.78 Å². The summed E-state index contributed by atoms with van der Waals surface area (Å²) in [5, 5.41) is 19.5. The van der Waals surface area contributed by atoms with Crippen LogP contribution < -0.4 is 4.74 Å².